The van der Waals surface area contributed by atoms with Crippen molar-refractivity contribution in [2.45, 2.75) is 13.8 Å². The molecule has 1 aliphatic rings. The summed E-state index contributed by atoms with van der Waals surface area (Å²) in [4.78, 5) is 27.7. The van der Waals surface area contributed by atoms with Gasteiger partial charge in [0.1, 0.15) is 17.3 Å². The van der Waals surface area contributed by atoms with Gasteiger partial charge in [0.05, 0.1) is 17.9 Å². The van der Waals surface area contributed by atoms with Crippen LogP contribution in [0.4, 0.5) is 15.8 Å². The first-order chi connectivity index (χ1) is 15.0. The molecule has 0 radical (unpaired) electrons. The molecule has 0 unspecified atom stereocenters. The lowest BCUT2D eigenvalue weighted by molar-refractivity contribution is -0.120. The first-order valence-corrected chi connectivity index (χ1v) is 9.93. The fourth-order valence-electron chi connectivity index (χ4n) is 3.51. The molecule has 0 spiro atoms. The molecular formula is C25H21FN2O3. The average Bonchev–Trinajstić information content (AvgIpc) is 2.98. The molecule has 2 amide bonds. The largest absolute Gasteiger partial charge is 0.494 e. The van der Waals surface area contributed by atoms with E-state index in [2.05, 4.69) is 5.32 Å². The van der Waals surface area contributed by atoms with Crippen molar-refractivity contribution in [2.24, 2.45) is 0 Å². The van der Waals surface area contributed by atoms with Gasteiger partial charge in [0.15, 0.2) is 0 Å². The second kappa shape index (κ2) is 8.44. The minimum absolute atomic E-state index is 0.143. The Labute approximate surface area is 179 Å². The van der Waals surface area contributed by atoms with Crippen LogP contribution < -0.4 is 15.0 Å². The molecule has 0 saturated carbocycles. The summed E-state index contributed by atoms with van der Waals surface area (Å²) in [5.41, 5.74) is 2.80. The summed E-state index contributed by atoms with van der Waals surface area (Å²) in [5.74, 6) is -0.921. The lowest BCUT2D eigenvalue weighted by Gasteiger charge is -2.15. The number of imide groups is 1. The van der Waals surface area contributed by atoms with E-state index >= 15 is 0 Å². The Morgan fingerprint density at radius 2 is 1.68 bits per heavy atom. The Hall–Kier alpha value is -3.93. The van der Waals surface area contributed by atoms with Gasteiger partial charge in [-0.3, -0.25) is 9.59 Å². The smallest absolute Gasteiger partial charge is 0.282 e. The monoisotopic (exact) mass is 416 g/mol. The Morgan fingerprint density at radius 1 is 0.935 bits per heavy atom. The van der Waals surface area contributed by atoms with Crippen molar-refractivity contribution in [3.05, 3.63) is 95.4 Å². The van der Waals surface area contributed by atoms with Crippen LogP contribution in [-0.2, 0) is 9.59 Å². The highest BCUT2D eigenvalue weighted by Gasteiger charge is 2.40. The van der Waals surface area contributed by atoms with Crippen molar-refractivity contribution in [3.63, 3.8) is 0 Å². The molecule has 5 nitrogen and oxygen atoms in total. The maximum absolute atomic E-state index is 13.8. The minimum atomic E-state index is -0.541. The molecule has 0 fully saturated rings. The Kier molecular flexibility index (Phi) is 5.54. The van der Waals surface area contributed by atoms with Crippen LogP contribution in [0, 0.1) is 12.7 Å². The summed E-state index contributed by atoms with van der Waals surface area (Å²) >= 11 is 0. The number of anilines is 2. The quantitative estimate of drug-likeness (QED) is 0.579. The molecule has 0 aliphatic carbocycles. The van der Waals surface area contributed by atoms with Crippen LogP contribution in [0.1, 0.15) is 18.1 Å². The zero-order chi connectivity index (χ0) is 22.0. The van der Waals surface area contributed by atoms with Crippen LogP contribution in [0.3, 0.4) is 0 Å². The molecule has 1 heterocycles. The first-order valence-electron chi connectivity index (χ1n) is 9.93. The number of rotatable bonds is 6. The first kappa shape index (κ1) is 20.3. The highest BCUT2D eigenvalue weighted by Crippen LogP contribution is 2.34. The van der Waals surface area contributed by atoms with Gasteiger partial charge in [-0.15, -0.1) is 0 Å². The summed E-state index contributed by atoms with van der Waals surface area (Å²) in [5, 5.41) is 3.11. The van der Waals surface area contributed by atoms with Crippen LogP contribution in [0.5, 0.6) is 5.75 Å². The Morgan fingerprint density at radius 3 is 2.35 bits per heavy atom. The molecule has 3 aromatic carbocycles. The SMILES string of the molecule is CCOc1ccc(C2=C(Nc3cccc(C)c3)C(=O)N(c3cccc(F)c3)C2=O)cc1. The third kappa shape index (κ3) is 4.05. The summed E-state index contributed by atoms with van der Waals surface area (Å²) in [6.45, 7) is 4.34. The average molecular weight is 416 g/mol. The van der Waals surface area contributed by atoms with E-state index in [1.54, 1.807) is 24.3 Å². The number of ether oxygens (including phenoxy) is 1. The van der Waals surface area contributed by atoms with E-state index in [0.29, 0.717) is 23.6 Å². The highest BCUT2D eigenvalue weighted by atomic mass is 19.1. The van der Waals surface area contributed by atoms with E-state index in [1.165, 1.54) is 24.3 Å². The lowest BCUT2D eigenvalue weighted by atomic mass is 10.0. The van der Waals surface area contributed by atoms with Crippen molar-refractivity contribution in [2.75, 3.05) is 16.8 Å². The number of carbonyl (C=O) groups excluding carboxylic acids is 2. The van der Waals surface area contributed by atoms with Gasteiger partial charge in [0.2, 0.25) is 0 Å². The third-order valence-corrected chi connectivity index (χ3v) is 4.89. The van der Waals surface area contributed by atoms with Gasteiger partial charge >= 0.3 is 0 Å². The molecule has 1 N–H and O–H groups in total. The van der Waals surface area contributed by atoms with Gasteiger partial charge in [0.25, 0.3) is 11.8 Å². The van der Waals surface area contributed by atoms with Crippen molar-refractivity contribution in [1.29, 1.82) is 0 Å². The molecule has 6 heteroatoms. The van der Waals surface area contributed by atoms with E-state index < -0.39 is 17.6 Å². The molecule has 3 aromatic rings. The van der Waals surface area contributed by atoms with E-state index in [9.17, 15) is 14.0 Å². The zero-order valence-corrected chi connectivity index (χ0v) is 17.2. The van der Waals surface area contributed by atoms with Crippen LogP contribution >= 0.6 is 0 Å². The summed E-state index contributed by atoms with van der Waals surface area (Å²) in [6.07, 6.45) is 0. The number of nitrogens with zero attached hydrogens (tertiary/aromatic N) is 1. The van der Waals surface area contributed by atoms with Crippen molar-refractivity contribution < 1.29 is 18.7 Å². The fourth-order valence-corrected chi connectivity index (χ4v) is 3.51. The van der Waals surface area contributed by atoms with E-state index in [0.717, 1.165) is 10.5 Å². The number of hydrogen-bond donors (Lipinski definition) is 1. The standard InChI is InChI=1S/C25H21FN2O3/c1-3-31-21-12-10-17(11-13-21)22-23(27-19-8-4-6-16(2)14-19)25(30)28(24(22)29)20-9-5-7-18(26)15-20/h4-15,27H,3H2,1-2H3. The summed E-state index contributed by atoms with van der Waals surface area (Å²) < 4.78 is 19.3. The number of nitrogens with one attached hydrogen (secondary N) is 1. The predicted molar refractivity (Wildman–Crippen MR) is 118 cm³/mol. The maximum atomic E-state index is 13.8. The van der Waals surface area contributed by atoms with E-state index in [-0.39, 0.29) is 17.0 Å². The lowest BCUT2D eigenvalue weighted by Crippen LogP contribution is -2.32. The summed E-state index contributed by atoms with van der Waals surface area (Å²) in [6, 6.07) is 19.9. The normalized spacial score (nSPS) is 13.7. The molecule has 0 saturated heterocycles. The van der Waals surface area contributed by atoms with Gasteiger partial charge in [-0.25, -0.2) is 9.29 Å². The van der Waals surface area contributed by atoms with Crippen molar-refractivity contribution in [3.8, 4) is 5.75 Å². The van der Waals surface area contributed by atoms with Gasteiger partial charge in [-0.05, 0) is 67.4 Å². The molecule has 31 heavy (non-hydrogen) atoms. The molecular weight excluding hydrogens is 395 g/mol. The van der Waals surface area contributed by atoms with E-state index in [1.807, 2.05) is 38.1 Å². The molecule has 156 valence electrons. The number of aryl methyl sites for hydroxylation is 1. The zero-order valence-electron chi connectivity index (χ0n) is 17.2. The van der Waals surface area contributed by atoms with Gasteiger partial charge in [0, 0.05) is 5.69 Å². The fraction of sp³-hybridized carbons (Fsp3) is 0.120. The highest BCUT2D eigenvalue weighted by molar-refractivity contribution is 6.46. The third-order valence-electron chi connectivity index (χ3n) is 4.89. The summed E-state index contributed by atoms with van der Waals surface area (Å²) in [7, 11) is 0. The van der Waals surface area contributed by atoms with Crippen LogP contribution in [0.15, 0.2) is 78.5 Å². The topological polar surface area (TPSA) is 58.6 Å². The molecule has 1 aliphatic heterocycles. The van der Waals surface area contributed by atoms with Gasteiger partial charge < -0.3 is 10.1 Å². The minimum Gasteiger partial charge on any atom is -0.494 e. The van der Waals surface area contributed by atoms with Crippen LogP contribution in [0.2, 0.25) is 0 Å². The number of amides is 2. The Balaban J connectivity index is 1.80. The number of hydrogen-bond acceptors (Lipinski definition) is 4. The maximum Gasteiger partial charge on any atom is 0.282 e. The molecule has 0 aromatic heterocycles. The van der Waals surface area contributed by atoms with Gasteiger partial charge in [-0.2, -0.15) is 0 Å². The van der Waals surface area contributed by atoms with Crippen LogP contribution in [0.25, 0.3) is 5.57 Å². The number of carbonyl (C=O) groups is 2. The molecule has 0 bridgehead atoms. The van der Waals surface area contributed by atoms with E-state index in [4.69, 9.17) is 4.74 Å². The molecule has 4 rings (SSSR count). The second-order valence-electron chi connectivity index (χ2n) is 7.13. The Bertz CT molecular complexity index is 1190. The van der Waals surface area contributed by atoms with Crippen LogP contribution in [-0.4, -0.2) is 18.4 Å². The molecule has 0 atom stereocenters. The second-order valence-corrected chi connectivity index (χ2v) is 7.13. The number of halogens is 1. The van der Waals surface area contributed by atoms with Crippen molar-refractivity contribution >= 4 is 28.8 Å². The van der Waals surface area contributed by atoms with Gasteiger partial charge in [-0.1, -0.05) is 30.3 Å². The number of benzene rings is 3. The predicted octanol–water partition coefficient (Wildman–Crippen LogP) is 4.93. The van der Waals surface area contributed by atoms with Crippen molar-refractivity contribution in [1.82, 2.24) is 0 Å².